The number of carbonyl (C=O) groups excluding carboxylic acids is 1. The maximum Gasteiger partial charge on any atom is 0.230 e. The molecule has 0 spiro atoms. The van der Waals surface area contributed by atoms with Gasteiger partial charge in [0.05, 0.1) is 5.75 Å². The molecular weight excluding hydrogens is 253 g/mol. The molecule has 0 fully saturated rings. The molecule has 1 rings (SSSR count). The van der Waals surface area contributed by atoms with E-state index in [1.54, 1.807) is 12.1 Å². The summed E-state index contributed by atoms with van der Waals surface area (Å²) in [5.74, 6) is 0.844. The van der Waals surface area contributed by atoms with Crippen LogP contribution in [0.3, 0.4) is 0 Å². The molecule has 0 saturated heterocycles. The van der Waals surface area contributed by atoms with Crippen molar-refractivity contribution in [1.29, 1.82) is 0 Å². The third-order valence-corrected chi connectivity index (χ3v) is 3.38. The van der Waals surface area contributed by atoms with Gasteiger partial charge in [-0.1, -0.05) is 19.1 Å². The van der Waals surface area contributed by atoms with E-state index in [1.165, 1.54) is 23.9 Å². The highest BCUT2D eigenvalue weighted by Crippen LogP contribution is 2.12. The molecular formula is C13H18FNO2S. The third-order valence-electron chi connectivity index (χ3n) is 2.37. The zero-order valence-corrected chi connectivity index (χ0v) is 11.2. The van der Waals surface area contributed by atoms with Crippen molar-refractivity contribution in [2.75, 3.05) is 18.9 Å². The van der Waals surface area contributed by atoms with Gasteiger partial charge in [0.1, 0.15) is 5.82 Å². The van der Waals surface area contributed by atoms with Crippen LogP contribution in [0.5, 0.6) is 0 Å². The van der Waals surface area contributed by atoms with Crippen LogP contribution in [-0.4, -0.2) is 29.9 Å². The quantitative estimate of drug-likeness (QED) is 0.795. The Morgan fingerprint density at radius 2 is 2.11 bits per heavy atom. The molecule has 0 aliphatic heterocycles. The minimum absolute atomic E-state index is 0.0394. The first-order chi connectivity index (χ1) is 8.61. The number of thioether (sulfide) groups is 1. The number of amides is 1. The van der Waals surface area contributed by atoms with Crippen LogP contribution >= 0.6 is 11.8 Å². The number of rotatable bonds is 7. The van der Waals surface area contributed by atoms with Crippen molar-refractivity contribution in [2.45, 2.75) is 12.7 Å². The van der Waals surface area contributed by atoms with Crippen LogP contribution in [0.1, 0.15) is 12.5 Å². The Labute approximate surface area is 111 Å². The van der Waals surface area contributed by atoms with Crippen molar-refractivity contribution in [1.82, 2.24) is 5.32 Å². The van der Waals surface area contributed by atoms with Gasteiger partial charge >= 0.3 is 0 Å². The minimum atomic E-state index is -0.250. The van der Waals surface area contributed by atoms with Crippen molar-refractivity contribution in [2.24, 2.45) is 5.92 Å². The van der Waals surface area contributed by atoms with Crippen molar-refractivity contribution in [3.05, 3.63) is 35.6 Å². The van der Waals surface area contributed by atoms with Crippen molar-refractivity contribution >= 4 is 17.7 Å². The summed E-state index contributed by atoms with van der Waals surface area (Å²) in [5, 5.41) is 11.6. The maximum atomic E-state index is 12.7. The number of halogens is 1. The molecule has 1 atom stereocenters. The molecule has 0 aliphatic carbocycles. The molecule has 18 heavy (non-hydrogen) atoms. The van der Waals surface area contributed by atoms with Crippen LogP contribution in [-0.2, 0) is 10.5 Å². The predicted octanol–water partition coefficient (Wildman–Crippen LogP) is 1.80. The predicted molar refractivity (Wildman–Crippen MR) is 71.8 cm³/mol. The summed E-state index contributed by atoms with van der Waals surface area (Å²) < 4.78 is 12.7. The first-order valence-corrected chi connectivity index (χ1v) is 6.97. The van der Waals surface area contributed by atoms with Gasteiger partial charge in [-0.2, -0.15) is 0 Å². The first kappa shape index (κ1) is 15.0. The summed E-state index contributed by atoms with van der Waals surface area (Å²) in [6, 6.07) is 6.26. The second kappa shape index (κ2) is 8.11. The monoisotopic (exact) mass is 271 g/mol. The molecule has 1 aromatic rings. The second-order valence-electron chi connectivity index (χ2n) is 4.21. The van der Waals surface area contributed by atoms with Crippen molar-refractivity contribution in [3.8, 4) is 0 Å². The van der Waals surface area contributed by atoms with Gasteiger partial charge in [0.2, 0.25) is 5.91 Å². The van der Waals surface area contributed by atoms with E-state index in [1.807, 2.05) is 6.92 Å². The molecule has 3 nitrogen and oxygen atoms in total. The molecule has 0 radical (unpaired) electrons. The molecule has 0 aliphatic rings. The van der Waals surface area contributed by atoms with E-state index >= 15 is 0 Å². The highest BCUT2D eigenvalue weighted by molar-refractivity contribution is 7.99. The minimum Gasteiger partial charge on any atom is -0.396 e. The van der Waals surface area contributed by atoms with Crippen LogP contribution in [0.15, 0.2) is 24.3 Å². The summed E-state index contributed by atoms with van der Waals surface area (Å²) in [7, 11) is 0. The number of nitrogens with one attached hydrogen (secondary N) is 1. The van der Waals surface area contributed by atoms with Gasteiger partial charge in [0, 0.05) is 18.9 Å². The van der Waals surface area contributed by atoms with E-state index in [0.717, 1.165) is 5.56 Å². The number of hydrogen-bond donors (Lipinski definition) is 2. The molecule has 0 heterocycles. The molecule has 2 N–H and O–H groups in total. The molecule has 0 aromatic heterocycles. The van der Waals surface area contributed by atoms with Gasteiger partial charge in [-0.15, -0.1) is 11.8 Å². The Morgan fingerprint density at radius 1 is 1.44 bits per heavy atom. The highest BCUT2D eigenvalue weighted by atomic mass is 32.2. The fourth-order valence-corrected chi connectivity index (χ4v) is 2.06. The van der Waals surface area contributed by atoms with Gasteiger partial charge in [0.15, 0.2) is 0 Å². The van der Waals surface area contributed by atoms with E-state index in [2.05, 4.69) is 5.32 Å². The lowest BCUT2D eigenvalue weighted by Crippen LogP contribution is -2.30. The lowest BCUT2D eigenvalue weighted by atomic mass is 10.2. The third kappa shape index (κ3) is 6.02. The molecule has 1 aromatic carbocycles. The van der Waals surface area contributed by atoms with Crippen molar-refractivity contribution < 1.29 is 14.3 Å². The maximum absolute atomic E-state index is 12.7. The van der Waals surface area contributed by atoms with E-state index in [0.29, 0.717) is 18.1 Å². The van der Waals surface area contributed by atoms with E-state index in [-0.39, 0.29) is 24.2 Å². The zero-order chi connectivity index (χ0) is 13.4. The standard InChI is InChI=1S/C13H18FNO2S/c1-10(7-16)6-15-13(17)9-18-8-11-2-4-12(14)5-3-11/h2-5,10,16H,6-9H2,1H3,(H,15,17). The fourth-order valence-electron chi connectivity index (χ4n) is 1.25. The van der Waals surface area contributed by atoms with Gasteiger partial charge in [0.25, 0.3) is 0 Å². The topological polar surface area (TPSA) is 49.3 Å². The number of carbonyl (C=O) groups is 1. The van der Waals surface area contributed by atoms with Gasteiger partial charge in [-0.3, -0.25) is 4.79 Å². The Morgan fingerprint density at radius 3 is 2.72 bits per heavy atom. The molecule has 0 bridgehead atoms. The van der Waals surface area contributed by atoms with Crippen LogP contribution in [0.25, 0.3) is 0 Å². The SMILES string of the molecule is CC(CO)CNC(=O)CSCc1ccc(F)cc1. The Balaban J connectivity index is 2.17. The zero-order valence-electron chi connectivity index (χ0n) is 10.4. The Bertz CT molecular complexity index is 370. The number of aliphatic hydroxyl groups excluding tert-OH is 1. The number of hydrogen-bond acceptors (Lipinski definition) is 3. The highest BCUT2D eigenvalue weighted by Gasteiger charge is 2.04. The number of benzene rings is 1. The van der Waals surface area contributed by atoms with Crippen LogP contribution < -0.4 is 5.32 Å². The number of aliphatic hydroxyl groups is 1. The first-order valence-electron chi connectivity index (χ1n) is 5.81. The second-order valence-corrected chi connectivity index (χ2v) is 5.20. The van der Waals surface area contributed by atoms with Crippen LogP contribution in [0, 0.1) is 11.7 Å². The summed E-state index contributed by atoms with van der Waals surface area (Å²) in [6.07, 6.45) is 0. The smallest absolute Gasteiger partial charge is 0.230 e. The summed E-state index contributed by atoms with van der Waals surface area (Å²) in [5.41, 5.74) is 0.998. The van der Waals surface area contributed by atoms with Gasteiger partial charge in [-0.05, 0) is 23.6 Å². The van der Waals surface area contributed by atoms with Gasteiger partial charge < -0.3 is 10.4 Å². The van der Waals surface area contributed by atoms with Crippen LogP contribution in [0.4, 0.5) is 4.39 Å². The van der Waals surface area contributed by atoms with E-state index in [9.17, 15) is 9.18 Å². The lowest BCUT2D eigenvalue weighted by molar-refractivity contribution is -0.118. The fraction of sp³-hybridized carbons (Fsp3) is 0.462. The van der Waals surface area contributed by atoms with Gasteiger partial charge in [-0.25, -0.2) is 4.39 Å². The average molecular weight is 271 g/mol. The van der Waals surface area contributed by atoms with E-state index < -0.39 is 0 Å². The molecule has 100 valence electrons. The summed E-state index contributed by atoms with van der Waals surface area (Å²) in [6.45, 7) is 2.43. The largest absolute Gasteiger partial charge is 0.396 e. The molecule has 1 amide bonds. The van der Waals surface area contributed by atoms with Crippen molar-refractivity contribution in [3.63, 3.8) is 0 Å². The Kier molecular flexibility index (Phi) is 6.75. The molecule has 5 heteroatoms. The normalized spacial score (nSPS) is 12.2. The lowest BCUT2D eigenvalue weighted by Gasteiger charge is -2.09. The average Bonchev–Trinajstić information content (AvgIpc) is 2.38. The van der Waals surface area contributed by atoms with Crippen LogP contribution in [0.2, 0.25) is 0 Å². The Hall–Kier alpha value is -1.07. The van der Waals surface area contributed by atoms with E-state index in [4.69, 9.17) is 5.11 Å². The molecule has 0 saturated carbocycles. The molecule has 1 unspecified atom stereocenters. The summed E-state index contributed by atoms with van der Waals surface area (Å²) >= 11 is 1.48. The summed E-state index contributed by atoms with van der Waals surface area (Å²) in [4.78, 5) is 11.4.